The quantitative estimate of drug-likeness (QED) is 0.555. The van der Waals surface area contributed by atoms with Gasteiger partial charge in [0.25, 0.3) is 11.8 Å². The second kappa shape index (κ2) is 8.00. The number of rotatable bonds is 7. The number of ether oxygens (including phenoxy) is 1. The Morgan fingerprint density at radius 1 is 1.28 bits per heavy atom. The molecule has 1 aromatic rings. The fourth-order valence-electron chi connectivity index (χ4n) is 3.30. The van der Waals surface area contributed by atoms with Gasteiger partial charge in [-0.2, -0.15) is 0 Å². The normalized spacial score (nSPS) is 20.9. The van der Waals surface area contributed by atoms with Crippen molar-refractivity contribution in [2.24, 2.45) is 0 Å². The van der Waals surface area contributed by atoms with Crippen LogP contribution in [0.1, 0.15) is 47.4 Å². The first-order valence-electron chi connectivity index (χ1n) is 9.16. The fraction of sp³-hybridized carbons (Fsp3) is 0.421. The molecule has 2 aliphatic heterocycles. The first-order valence-corrected chi connectivity index (χ1v) is 9.16. The number of anilines is 1. The number of aliphatic carboxylic acids is 1. The van der Waals surface area contributed by atoms with Crippen LogP contribution in [-0.2, 0) is 19.1 Å². The van der Waals surface area contributed by atoms with Gasteiger partial charge in [-0.25, -0.2) is 4.79 Å². The number of hydrogen-bond acceptors (Lipinski definition) is 7. The molecule has 1 saturated heterocycles. The van der Waals surface area contributed by atoms with Gasteiger partial charge >= 0.3 is 5.97 Å². The van der Waals surface area contributed by atoms with Gasteiger partial charge < -0.3 is 15.2 Å². The summed E-state index contributed by atoms with van der Waals surface area (Å²) in [6, 6.07) is 3.34. The van der Waals surface area contributed by atoms with Gasteiger partial charge in [-0.1, -0.05) is 6.07 Å². The summed E-state index contributed by atoms with van der Waals surface area (Å²) in [4.78, 5) is 61.0. The summed E-state index contributed by atoms with van der Waals surface area (Å²) >= 11 is 0. The van der Waals surface area contributed by atoms with Crippen molar-refractivity contribution in [3.63, 3.8) is 0 Å². The highest BCUT2D eigenvalue weighted by Crippen LogP contribution is 2.32. The van der Waals surface area contributed by atoms with E-state index in [4.69, 9.17) is 9.84 Å². The smallest absolute Gasteiger partial charge is 0.332 e. The third-order valence-electron chi connectivity index (χ3n) is 4.81. The van der Waals surface area contributed by atoms with Crippen LogP contribution in [0.3, 0.4) is 0 Å². The molecule has 1 fully saturated rings. The van der Waals surface area contributed by atoms with Crippen LogP contribution >= 0.6 is 0 Å². The van der Waals surface area contributed by atoms with E-state index in [1.165, 1.54) is 13.0 Å². The maximum Gasteiger partial charge on any atom is 0.332 e. The van der Waals surface area contributed by atoms with Gasteiger partial charge in [-0.15, -0.1) is 0 Å². The summed E-state index contributed by atoms with van der Waals surface area (Å²) in [5, 5.41) is 14.1. The number of carboxylic acids is 1. The van der Waals surface area contributed by atoms with Crippen LogP contribution in [0, 0.1) is 0 Å². The number of nitrogens with one attached hydrogen (secondary N) is 2. The Kier molecular flexibility index (Phi) is 5.64. The van der Waals surface area contributed by atoms with Crippen molar-refractivity contribution in [2.75, 3.05) is 11.9 Å². The van der Waals surface area contributed by atoms with Gasteiger partial charge in [0.1, 0.15) is 6.04 Å². The fourth-order valence-corrected chi connectivity index (χ4v) is 3.30. The molecule has 0 aromatic heterocycles. The molecule has 0 spiro atoms. The van der Waals surface area contributed by atoms with Crippen LogP contribution in [0.4, 0.5) is 5.69 Å². The van der Waals surface area contributed by atoms with Crippen molar-refractivity contribution in [1.82, 2.24) is 10.2 Å². The Balaban J connectivity index is 1.79. The lowest BCUT2D eigenvalue weighted by atomic mass is 10.0. The molecule has 3 unspecified atom stereocenters. The highest BCUT2D eigenvalue weighted by atomic mass is 16.5. The standard InChI is InChI=1S/C19H21N3O7/c1-9(8-29-10(2)19(27)28)20-12-5-3-4-11-15(12)18(26)22(17(11)25)13-6-7-14(23)21-16(13)24/h3-5,9-10,13,20H,6-8H2,1-2H3,(H,27,28)(H,21,23,24). The van der Waals surface area contributed by atoms with Crippen LogP contribution < -0.4 is 10.6 Å². The molecular formula is C19H21N3O7. The van der Waals surface area contributed by atoms with Gasteiger partial charge in [-0.05, 0) is 32.4 Å². The van der Waals surface area contributed by atoms with E-state index in [1.807, 2.05) is 0 Å². The monoisotopic (exact) mass is 403 g/mol. The first kappa shape index (κ1) is 20.5. The van der Waals surface area contributed by atoms with Gasteiger partial charge in [0.05, 0.1) is 17.7 Å². The number of carbonyl (C=O) groups excluding carboxylic acids is 4. The summed E-state index contributed by atoms with van der Waals surface area (Å²) in [6.07, 6.45) is -0.853. The minimum atomic E-state index is -1.08. The Morgan fingerprint density at radius 3 is 2.66 bits per heavy atom. The minimum Gasteiger partial charge on any atom is -0.479 e. The highest BCUT2D eigenvalue weighted by Gasteiger charge is 2.45. The van der Waals surface area contributed by atoms with Gasteiger partial charge in [-0.3, -0.25) is 29.4 Å². The molecule has 0 radical (unpaired) electrons. The van der Waals surface area contributed by atoms with Crippen LogP contribution in [-0.4, -0.2) is 64.4 Å². The Morgan fingerprint density at radius 2 is 2.00 bits per heavy atom. The second-order valence-corrected chi connectivity index (χ2v) is 7.03. The Labute approximate surface area is 166 Å². The topological polar surface area (TPSA) is 142 Å². The molecule has 154 valence electrons. The van der Waals surface area contributed by atoms with Crippen LogP contribution in [0.5, 0.6) is 0 Å². The SMILES string of the molecule is CC(COC(C)C(=O)O)Nc1cccc2c1C(=O)N(C1CCC(=O)NC1=O)C2=O. The van der Waals surface area contributed by atoms with Crippen molar-refractivity contribution >= 4 is 35.3 Å². The molecule has 10 heteroatoms. The molecule has 4 amide bonds. The van der Waals surface area contributed by atoms with E-state index in [-0.39, 0.29) is 36.6 Å². The molecule has 3 atom stereocenters. The number of fused-ring (bicyclic) bond motifs is 1. The average Bonchev–Trinajstić information content (AvgIpc) is 2.91. The van der Waals surface area contributed by atoms with E-state index in [9.17, 15) is 24.0 Å². The van der Waals surface area contributed by atoms with E-state index in [0.29, 0.717) is 5.69 Å². The molecule has 10 nitrogen and oxygen atoms in total. The molecule has 0 bridgehead atoms. The molecule has 29 heavy (non-hydrogen) atoms. The van der Waals surface area contributed by atoms with E-state index in [1.54, 1.807) is 19.1 Å². The van der Waals surface area contributed by atoms with E-state index in [0.717, 1.165) is 4.90 Å². The van der Waals surface area contributed by atoms with Crippen molar-refractivity contribution in [1.29, 1.82) is 0 Å². The zero-order chi connectivity index (χ0) is 21.3. The number of nitrogens with zero attached hydrogens (tertiary/aromatic N) is 1. The summed E-state index contributed by atoms with van der Waals surface area (Å²) in [5.41, 5.74) is 0.687. The van der Waals surface area contributed by atoms with Gasteiger partial charge in [0.15, 0.2) is 6.10 Å². The van der Waals surface area contributed by atoms with E-state index >= 15 is 0 Å². The minimum absolute atomic E-state index is 0.0467. The molecule has 0 aliphatic carbocycles. The number of benzene rings is 1. The number of amides is 4. The van der Waals surface area contributed by atoms with Gasteiger partial charge in [0.2, 0.25) is 11.8 Å². The van der Waals surface area contributed by atoms with Crippen molar-refractivity contribution in [3.8, 4) is 0 Å². The van der Waals surface area contributed by atoms with E-state index in [2.05, 4.69) is 10.6 Å². The molecule has 0 saturated carbocycles. The number of carboxylic acid groups (broad SMARTS) is 1. The number of imide groups is 2. The lowest BCUT2D eigenvalue weighted by molar-refractivity contribution is -0.149. The lowest BCUT2D eigenvalue weighted by Crippen LogP contribution is -2.54. The predicted octanol–water partition coefficient (Wildman–Crippen LogP) is 0.378. The number of piperidine rings is 1. The Hall–Kier alpha value is -3.27. The van der Waals surface area contributed by atoms with Crippen LogP contribution in [0.15, 0.2) is 18.2 Å². The van der Waals surface area contributed by atoms with Crippen molar-refractivity contribution in [2.45, 2.75) is 44.9 Å². The summed E-state index contributed by atoms with van der Waals surface area (Å²) in [5.74, 6) is -3.40. The summed E-state index contributed by atoms with van der Waals surface area (Å²) in [6.45, 7) is 3.22. The van der Waals surface area contributed by atoms with E-state index < -0.39 is 41.7 Å². The molecular weight excluding hydrogens is 382 g/mol. The first-order chi connectivity index (χ1) is 13.7. The van der Waals surface area contributed by atoms with Crippen molar-refractivity contribution < 1.29 is 33.8 Å². The van der Waals surface area contributed by atoms with Gasteiger partial charge in [0, 0.05) is 18.2 Å². The molecule has 2 aliphatic rings. The highest BCUT2D eigenvalue weighted by molar-refractivity contribution is 6.25. The van der Waals surface area contributed by atoms with Crippen molar-refractivity contribution in [3.05, 3.63) is 29.3 Å². The third-order valence-corrected chi connectivity index (χ3v) is 4.81. The number of carbonyl (C=O) groups is 5. The molecule has 2 heterocycles. The zero-order valence-corrected chi connectivity index (χ0v) is 15.9. The summed E-state index contributed by atoms with van der Waals surface area (Å²) < 4.78 is 5.24. The maximum absolute atomic E-state index is 13.0. The predicted molar refractivity (Wildman–Crippen MR) is 99.2 cm³/mol. The zero-order valence-electron chi connectivity index (χ0n) is 15.9. The number of hydrogen-bond donors (Lipinski definition) is 3. The molecule has 3 N–H and O–H groups in total. The Bertz CT molecular complexity index is 898. The third kappa shape index (κ3) is 3.97. The van der Waals surface area contributed by atoms with Crippen LogP contribution in [0.25, 0.3) is 0 Å². The van der Waals surface area contributed by atoms with Crippen LogP contribution in [0.2, 0.25) is 0 Å². The largest absolute Gasteiger partial charge is 0.479 e. The summed E-state index contributed by atoms with van der Waals surface area (Å²) in [7, 11) is 0. The lowest BCUT2D eigenvalue weighted by Gasteiger charge is -2.28. The second-order valence-electron chi connectivity index (χ2n) is 7.03. The maximum atomic E-state index is 13.0. The average molecular weight is 403 g/mol. The molecule has 1 aromatic carbocycles. The molecule has 3 rings (SSSR count).